The number of aliphatic hydroxyl groups excluding tert-OH is 1. The van der Waals surface area contributed by atoms with Gasteiger partial charge in [0, 0.05) is 23.4 Å². The molecule has 0 aliphatic carbocycles. The van der Waals surface area contributed by atoms with E-state index in [9.17, 15) is 5.11 Å². The molecule has 0 radical (unpaired) electrons. The van der Waals surface area contributed by atoms with Gasteiger partial charge in [-0.2, -0.15) is 0 Å². The van der Waals surface area contributed by atoms with Crippen LogP contribution in [0.5, 0.6) is 0 Å². The number of nitrogens with zero attached hydrogens (tertiary/aromatic N) is 1. The lowest BCUT2D eigenvalue weighted by atomic mass is 10.1. The molecular weight excluding hydrogens is 216 g/mol. The molecule has 4 heteroatoms. The van der Waals surface area contributed by atoms with E-state index in [0.717, 1.165) is 28.3 Å². The van der Waals surface area contributed by atoms with E-state index in [2.05, 4.69) is 10.5 Å². The van der Waals surface area contributed by atoms with Crippen LogP contribution in [0.3, 0.4) is 0 Å². The largest absolute Gasteiger partial charge is 0.392 e. The zero-order valence-electron chi connectivity index (χ0n) is 10.0. The van der Waals surface area contributed by atoms with Gasteiger partial charge in [-0.1, -0.05) is 23.4 Å². The number of aliphatic hydroxyl groups is 1. The maximum Gasteiger partial charge on any atom is 0.138 e. The first-order valence-corrected chi connectivity index (χ1v) is 5.56. The number of aryl methyl sites for hydroxylation is 2. The summed E-state index contributed by atoms with van der Waals surface area (Å²) in [6, 6.07) is 7.70. The number of hydrogen-bond donors (Lipinski definition) is 2. The Morgan fingerprint density at radius 3 is 2.71 bits per heavy atom. The van der Waals surface area contributed by atoms with E-state index < -0.39 is 0 Å². The number of para-hydroxylation sites is 1. The van der Waals surface area contributed by atoms with E-state index in [-0.39, 0.29) is 6.61 Å². The summed E-state index contributed by atoms with van der Waals surface area (Å²) in [5.41, 5.74) is 3.79. The average Bonchev–Trinajstić information content (AvgIpc) is 2.67. The van der Waals surface area contributed by atoms with E-state index in [1.807, 2.05) is 38.1 Å². The highest BCUT2D eigenvalue weighted by Crippen LogP contribution is 2.18. The normalized spacial score (nSPS) is 10.5. The van der Waals surface area contributed by atoms with Crippen molar-refractivity contribution in [1.29, 1.82) is 0 Å². The highest BCUT2D eigenvalue weighted by atomic mass is 16.5. The molecule has 0 unspecified atom stereocenters. The fourth-order valence-electron chi connectivity index (χ4n) is 1.77. The van der Waals surface area contributed by atoms with Gasteiger partial charge in [0.25, 0.3) is 0 Å². The Morgan fingerprint density at radius 1 is 1.29 bits per heavy atom. The van der Waals surface area contributed by atoms with Crippen LogP contribution < -0.4 is 5.32 Å². The van der Waals surface area contributed by atoms with Crippen molar-refractivity contribution in [3.63, 3.8) is 0 Å². The van der Waals surface area contributed by atoms with Gasteiger partial charge in [-0.05, 0) is 19.9 Å². The first-order valence-electron chi connectivity index (χ1n) is 5.56. The summed E-state index contributed by atoms with van der Waals surface area (Å²) in [6.45, 7) is 4.50. The molecule has 1 heterocycles. The van der Waals surface area contributed by atoms with Crippen LogP contribution >= 0.6 is 0 Å². The lowest BCUT2D eigenvalue weighted by Crippen LogP contribution is -2.03. The zero-order valence-corrected chi connectivity index (χ0v) is 10.0. The minimum Gasteiger partial charge on any atom is -0.392 e. The van der Waals surface area contributed by atoms with E-state index in [1.54, 1.807) is 0 Å². The highest BCUT2D eigenvalue weighted by molar-refractivity contribution is 5.51. The molecule has 2 aromatic rings. The molecule has 17 heavy (non-hydrogen) atoms. The Morgan fingerprint density at radius 2 is 2.06 bits per heavy atom. The van der Waals surface area contributed by atoms with Crippen molar-refractivity contribution in [1.82, 2.24) is 5.16 Å². The van der Waals surface area contributed by atoms with Crippen LogP contribution in [0.4, 0.5) is 5.69 Å². The summed E-state index contributed by atoms with van der Waals surface area (Å²) in [7, 11) is 0. The molecule has 0 atom stereocenters. The Bertz CT molecular complexity index is 486. The molecule has 2 rings (SSSR count). The first-order chi connectivity index (χ1) is 8.22. The second-order valence-corrected chi connectivity index (χ2v) is 3.97. The minimum atomic E-state index is 0.0325. The van der Waals surface area contributed by atoms with Crippen molar-refractivity contribution in [2.75, 3.05) is 5.32 Å². The van der Waals surface area contributed by atoms with Crippen LogP contribution in [-0.2, 0) is 13.2 Å². The van der Waals surface area contributed by atoms with Gasteiger partial charge in [-0.3, -0.25) is 0 Å². The molecule has 0 saturated carbocycles. The van der Waals surface area contributed by atoms with Crippen LogP contribution in [0.1, 0.15) is 22.6 Å². The summed E-state index contributed by atoms with van der Waals surface area (Å²) in [4.78, 5) is 0. The Labute approximate surface area is 100 Å². The number of hydrogen-bond acceptors (Lipinski definition) is 4. The molecular formula is C13H16N2O2. The molecule has 1 aromatic carbocycles. The molecule has 0 saturated heterocycles. The maximum absolute atomic E-state index is 9.21. The van der Waals surface area contributed by atoms with E-state index in [0.29, 0.717) is 6.54 Å². The predicted octanol–water partition coefficient (Wildman–Crippen LogP) is 2.40. The lowest BCUT2D eigenvalue weighted by molar-refractivity contribution is 0.282. The van der Waals surface area contributed by atoms with E-state index >= 15 is 0 Å². The van der Waals surface area contributed by atoms with Crippen LogP contribution in [0, 0.1) is 13.8 Å². The van der Waals surface area contributed by atoms with Crippen LogP contribution in [0.2, 0.25) is 0 Å². The number of rotatable bonds is 4. The monoisotopic (exact) mass is 232 g/mol. The van der Waals surface area contributed by atoms with Gasteiger partial charge in [0.1, 0.15) is 5.76 Å². The fourth-order valence-corrected chi connectivity index (χ4v) is 1.77. The summed E-state index contributed by atoms with van der Waals surface area (Å²) in [5, 5.41) is 16.4. The van der Waals surface area contributed by atoms with Crippen molar-refractivity contribution < 1.29 is 9.63 Å². The van der Waals surface area contributed by atoms with Gasteiger partial charge in [0.05, 0.1) is 12.3 Å². The molecule has 2 N–H and O–H groups in total. The van der Waals surface area contributed by atoms with Gasteiger partial charge in [0.15, 0.2) is 0 Å². The van der Waals surface area contributed by atoms with Crippen molar-refractivity contribution in [2.45, 2.75) is 27.0 Å². The predicted molar refractivity (Wildman–Crippen MR) is 65.7 cm³/mol. The van der Waals surface area contributed by atoms with Gasteiger partial charge in [-0.15, -0.1) is 0 Å². The zero-order chi connectivity index (χ0) is 12.3. The van der Waals surface area contributed by atoms with Crippen LogP contribution in [0.15, 0.2) is 28.8 Å². The molecule has 4 nitrogen and oxygen atoms in total. The van der Waals surface area contributed by atoms with Gasteiger partial charge in [0.2, 0.25) is 0 Å². The van der Waals surface area contributed by atoms with Gasteiger partial charge in [-0.25, -0.2) is 0 Å². The summed E-state index contributed by atoms with van der Waals surface area (Å²) < 4.78 is 5.10. The Kier molecular flexibility index (Phi) is 3.44. The molecule has 0 aliphatic heterocycles. The topological polar surface area (TPSA) is 58.3 Å². The molecule has 0 aliphatic rings. The lowest BCUT2D eigenvalue weighted by Gasteiger charge is -2.09. The van der Waals surface area contributed by atoms with Crippen molar-refractivity contribution in [3.8, 4) is 0 Å². The second-order valence-electron chi connectivity index (χ2n) is 3.97. The Hall–Kier alpha value is -1.81. The quantitative estimate of drug-likeness (QED) is 0.849. The number of anilines is 1. The van der Waals surface area contributed by atoms with Crippen molar-refractivity contribution in [2.24, 2.45) is 0 Å². The Balaban J connectivity index is 2.12. The third-order valence-corrected chi connectivity index (χ3v) is 2.82. The van der Waals surface area contributed by atoms with Crippen LogP contribution in [-0.4, -0.2) is 10.3 Å². The smallest absolute Gasteiger partial charge is 0.138 e. The van der Waals surface area contributed by atoms with Gasteiger partial charge < -0.3 is 14.9 Å². The van der Waals surface area contributed by atoms with Crippen LogP contribution in [0.25, 0.3) is 0 Å². The first kappa shape index (κ1) is 11.7. The maximum atomic E-state index is 9.21. The second kappa shape index (κ2) is 5.01. The third kappa shape index (κ3) is 2.47. The molecule has 90 valence electrons. The molecule has 0 amide bonds. The van der Waals surface area contributed by atoms with Crippen molar-refractivity contribution >= 4 is 5.69 Å². The summed E-state index contributed by atoms with van der Waals surface area (Å²) in [6.07, 6.45) is 0. The molecule has 1 aromatic heterocycles. The number of aromatic nitrogens is 1. The van der Waals surface area contributed by atoms with E-state index in [4.69, 9.17) is 4.52 Å². The number of benzene rings is 1. The number of nitrogens with one attached hydrogen (secondary N) is 1. The molecule has 0 spiro atoms. The summed E-state index contributed by atoms with van der Waals surface area (Å²) >= 11 is 0. The van der Waals surface area contributed by atoms with E-state index in [1.165, 1.54) is 0 Å². The molecule has 0 fully saturated rings. The summed E-state index contributed by atoms with van der Waals surface area (Å²) in [5.74, 6) is 0.830. The highest BCUT2D eigenvalue weighted by Gasteiger charge is 2.09. The standard InChI is InChI=1S/C13H16N2O2/c1-9-12(10(2)17-15-9)7-14-13-6-4-3-5-11(13)8-16/h3-6,14,16H,7-8H2,1-2H3. The van der Waals surface area contributed by atoms with Gasteiger partial charge >= 0.3 is 0 Å². The van der Waals surface area contributed by atoms with Crippen molar-refractivity contribution in [3.05, 3.63) is 46.8 Å². The average molecular weight is 232 g/mol. The molecule has 0 bridgehead atoms. The SMILES string of the molecule is Cc1noc(C)c1CNc1ccccc1CO. The third-order valence-electron chi connectivity index (χ3n) is 2.82. The minimum absolute atomic E-state index is 0.0325. The fraction of sp³-hybridized carbons (Fsp3) is 0.308.